The van der Waals surface area contributed by atoms with Crippen LogP contribution in [0.1, 0.15) is 28.4 Å². The Bertz CT molecular complexity index is 621. The third kappa shape index (κ3) is 3.75. The average molecular weight is 284 g/mol. The standard InChI is InChI=1S/C17H20N2O2/c1-3-21-17(20)14-5-4-6-15(16(14)18)19-11-13-9-7-12(2)8-10-13/h4-10,19H,3,11,18H2,1-2H3. The number of rotatable bonds is 5. The van der Waals surface area contributed by atoms with Crippen LogP contribution in [0.2, 0.25) is 0 Å². The van der Waals surface area contributed by atoms with Gasteiger partial charge in [0.2, 0.25) is 0 Å². The Morgan fingerprint density at radius 2 is 1.90 bits per heavy atom. The zero-order valence-corrected chi connectivity index (χ0v) is 12.3. The van der Waals surface area contributed by atoms with E-state index in [2.05, 4.69) is 36.5 Å². The normalized spacial score (nSPS) is 10.2. The second-order valence-corrected chi connectivity index (χ2v) is 4.83. The molecule has 4 heteroatoms. The number of aryl methyl sites for hydroxylation is 1. The molecule has 0 fully saturated rings. The first-order valence-corrected chi connectivity index (χ1v) is 6.97. The SMILES string of the molecule is CCOC(=O)c1cccc(NCc2ccc(C)cc2)c1N. The Labute approximate surface area is 124 Å². The Balaban J connectivity index is 2.11. The van der Waals surface area contributed by atoms with Crippen molar-refractivity contribution >= 4 is 17.3 Å². The van der Waals surface area contributed by atoms with Crippen molar-refractivity contribution in [2.45, 2.75) is 20.4 Å². The van der Waals surface area contributed by atoms with Gasteiger partial charge in [-0.05, 0) is 31.5 Å². The first kappa shape index (κ1) is 14.9. The molecule has 0 saturated heterocycles. The van der Waals surface area contributed by atoms with Crippen LogP contribution in [-0.4, -0.2) is 12.6 Å². The molecule has 110 valence electrons. The smallest absolute Gasteiger partial charge is 0.340 e. The number of anilines is 2. The van der Waals surface area contributed by atoms with Gasteiger partial charge in [0.1, 0.15) is 0 Å². The molecule has 2 rings (SSSR count). The minimum absolute atomic E-state index is 0.333. The molecule has 0 aliphatic carbocycles. The number of esters is 1. The van der Waals surface area contributed by atoms with Gasteiger partial charge in [0.05, 0.1) is 23.5 Å². The first-order valence-electron chi connectivity index (χ1n) is 6.97. The summed E-state index contributed by atoms with van der Waals surface area (Å²) >= 11 is 0. The third-order valence-electron chi connectivity index (χ3n) is 3.21. The summed E-state index contributed by atoms with van der Waals surface area (Å²) in [7, 11) is 0. The fourth-order valence-corrected chi connectivity index (χ4v) is 2.01. The second kappa shape index (κ2) is 6.79. The van der Waals surface area contributed by atoms with Crippen molar-refractivity contribution in [3.8, 4) is 0 Å². The summed E-state index contributed by atoms with van der Waals surface area (Å²) in [5.74, 6) is -0.394. The third-order valence-corrected chi connectivity index (χ3v) is 3.21. The maximum absolute atomic E-state index is 11.8. The minimum Gasteiger partial charge on any atom is -0.462 e. The van der Waals surface area contributed by atoms with Crippen molar-refractivity contribution in [3.05, 3.63) is 59.2 Å². The molecule has 0 aromatic heterocycles. The molecule has 3 N–H and O–H groups in total. The minimum atomic E-state index is -0.394. The Kier molecular flexibility index (Phi) is 4.82. The number of benzene rings is 2. The zero-order chi connectivity index (χ0) is 15.2. The van der Waals surface area contributed by atoms with Crippen LogP contribution in [0.4, 0.5) is 11.4 Å². The Hall–Kier alpha value is -2.49. The number of hydrogen-bond donors (Lipinski definition) is 2. The van der Waals surface area contributed by atoms with Crippen LogP contribution in [0.25, 0.3) is 0 Å². The van der Waals surface area contributed by atoms with Crippen LogP contribution in [0, 0.1) is 6.92 Å². The van der Waals surface area contributed by atoms with Crippen molar-refractivity contribution in [1.29, 1.82) is 0 Å². The van der Waals surface area contributed by atoms with E-state index in [0.29, 0.717) is 24.4 Å². The molecule has 0 heterocycles. The van der Waals surface area contributed by atoms with E-state index in [-0.39, 0.29) is 0 Å². The topological polar surface area (TPSA) is 64.3 Å². The lowest BCUT2D eigenvalue weighted by atomic mass is 10.1. The predicted molar refractivity (Wildman–Crippen MR) is 85.3 cm³/mol. The number of nitrogens with two attached hydrogens (primary N) is 1. The summed E-state index contributed by atoms with van der Waals surface area (Å²) in [5.41, 5.74) is 9.97. The van der Waals surface area contributed by atoms with E-state index in [9.17, 15) is 4.79 Å². The van der Waals surface area contributed by atoms with Crippen LogP contribution in [0.3, 0.4) is 0 Å². The maximum Gasteiger partial charge on any atom is 0.340 e. The van der Waals surface area contributed by atoms with Crippen LogP contribution < -0.4 is 11.1 Å². The molecule has 0 radical (unpaired) electrons. The van der Waals surface area contributed by atoms with Gasteiger partial charge in [0, 0.05) is 6.54 Å². The largest absolute Gasteiger partial charge is 0.462 e. The van der Waals surface area contributed by atoms with E-state index in [1.807, 2.05) is 6.07 Å². The van der Waals surface area contributed by atoms with Gasteiger partial charge in [-0.2, -0.15) is 0 Å². The lowest BCUT2D eigenvalue weighted by molar-refractivity contribution is 0.0527. The fourth-order valence-electron chi connectivity index (χ4n) is 2.01. The van der Waals surface area contributed by atoms with E-state index in [1.165, 1.54) is 5.56 Å². The number of nitrogen functional groups attached to an aromatic ring is 1. The number of nitrogens with one attached hydrogen (secondary N) is 1. The van der Waals surface area contributed by atoms with E-state index >= 15 is 0 Å². The van der Waals surface area contributed by atoms with Gasteiger partial charge in [-0.25, -0.2) is 4.79 Å². The Morgan fingerprint density at radius 3 is 2.57 bits per heavy atom. The van der Waals surface area contributed by atoms with Gasteiger partial charge in [-0.15, -0.1) is 0 Å². The number of carbonyl (C=O) groups excluding carboxylic acids is 1. The lowest BCUT2D eigenvalue weighted by Gasteiger charge is -2.12. The molecule has 2 aromatic rings. The summed E-state index contributed by atoms with van der Waals surface area (Å²) in [6, 6.07) is 13.6. The van der Waals surface area contributed by atoms with Gasteiger partial charge in [-0.1, -0.05) is 35.9 Å². The monoisotopic (exact) mass is 284 g/mol. The highest BCUT2D eigenvalue weighted by atomic mass is 16.5. The van der Waals surface area contributed by atoms with Crippen LogP contribution >= 0.6 is 0 Å². The number of ether oxygens (including phenoxy) is 1. The van der Waals surface area contributed by atoms with Crippen LogP contribution in [0.5, 0.6) is 0 Å². The number of carbonyl (C=O) groups is 1. The van der Waals surface area contributed by atoms with E-state index in [1.54, 1.807) is 19.1 Å². The fraction of sp³-hybridized carbons (Fsp3) is 0.235. The number of para-hydroxylation sites is 1. The second-order valence-electron chi connectivity index (χ2n) is 4.83. The molecule has 21 heavy (non-hydrogen) atoms. The average Bonchev–Trinajstić information content (AvgIpc) is 2.48. The highest BCUT2D eigenvalue weighted by Crippen LogP contribution is 2.24. The molecule has 2 aromatic carbocycles. The zero-order valence-electron chi connectivity index (χ0n) is 12.3. The maximum atomic E-state index is 11.8. The van der Waals surface area contributed by atoms with E-state index in [0.717, 1.165) is 11.3 Å². The van der Waals surface area contributed by atoms with Crippen LogP contribution in [0.15, 0.2) is 42.5 Å². The molecule has 0 aliphatic rings. The van der Waals surface area contributed by atoms with Gasteiger partial charge in [0.15, 0.2) is 0 Å². The van der Waals surface area contributed by atoms with Crippen molar-refractivity contribution in [2.75, 3.05) is 17.7 Å². The van der Waals surface area contributed by atoms with E-state index < -0.39 is 5.97 Å². The quantitative estimate of drug-likeness (QED) is 0.652. The summed E-state index contributed by atoms with van der Waals surface area (Å²) in [5, 5.41) is 3.25. The summed E-state index contributed by atoms with van der Waals surface area (Å²) < 4.78 is 4.99. The highest BCUT2D eigenvalue weighted by Gasteiger charge is 2.13. The van der Waals surface area contributed by atoms with Crippen molar-refractivity contribution in [3.63, 3.8) is 0 Å². The molecule has 0 amide bonds. The molecular weight excluding hydrogens is 264 g/mol. The molecule has 0 bridgehead atoms. The predicted octanol–water partition coefficient (Wildman–Crippen LogP) is 3.37. The highest BCUT2D eigenvalue weighted by molar-refractivity contribution is 5.98. The van der Waals surface area contributed by atoms with Crippen molar-refractivity contribution < 1.29 is 9.53 Å². The van der Waals surface area contributed by atoms with E-state index in [4.69, 9.17) is 10.5 Å². The summed E-state index contributed by atoms with van der Waals surface area (Å²) in [4.78, 5) is 11.8. The molecule has 4 nitrogen and oxygen atoms in total. The summed E-state index contributed by atoms with van der Waals surface area (Å²) in [6.45, 7) is 4.81. The molecule has 0 atom stereocenters. The van der Waals surface area contributed by atoms with Gasteiger partial charge in [-0.3, -0.25) is 0 Å². The van der Waals surface area contributed by atoms with Gasteiger partial charge >= 0.3 is 5.97 Å². The number of hydrogen-bond acceptors (Lipinski definition) is 4. The molecule has 0 unspecified atom stereocenters. The van der Waals surface area contributed by atoms with Gasteiger partial charge < -0.3 is 15.8 Å². The summed E-state index contributed by atoms with van der Waals surface area (Å²) in [6.07, 6.45) is 0. The Morgan fingerprint density at radius 1 is 1.19 bits per heavy atom. The van der Waals surface area contributed by atoms with Crippen molar-refractivity contribution in [2.24, 2.45) is 0 Å². The van der Waals surface area contributed by atoms with Crippen molar-refractivity contribution in [1.82, 2.24) is 0 Å². The molecule has 0 spiro atoms. The first-order chi connectivity index (χ1) is 10.1. The molecular formula is C17H20N2O2. The molecule has 0 saturated carbocycles. The van der Waals surface area contributed by atoms with Gasteiger partial charge in [0.25, 0.3) is 0 Å². The molecule has 0 aliphatic heterocycles. The lowest BCUT2D eigenvalue weighted by Crippen LogP contribution is -2.10. The van der Waals surface area contributed by atoms with Crippen LogP contribution in [-0.2, 0) is 11.3 Å².